The third-order valence-electron chi connectivity index (χ3n) is 5.03. The highest BCUT2D eigenvalue weighted by atomic mass is 16.4. The summed E-state index contributed by atoms with van der Waals surface area (Å²) in [6.07, 6.45) is 5.03. The molecule has 2 aromatic carbocycles. The van der Waals surface area contributed by atoms with Crippen molar-refractivity contribution < 1.29 is 24.2 Å². The van der Waals surface area contributed by atoms with Gasteiger partial charge in [0, 0.05) is 17.9 Å². The number of carbonyl (C=O) groups is 2. The van der Waals surface area contributed by atoms with Crippen LogP contribution in [0.4, 0.5) is 11.4 Å². The summed E-state index contributed by atoms with van der Waals surface area (Å²) in [7, 11) is 0. The predicted molar refractivity (Wildman–Crippen MR) is 118 cm³/mol. The van der Waals surface area contributed by atoms with Crippen LogP contribution in [-0.2, 0) is 29.0 Å². The van der Waals surface area contributed by atoms with Gasteiger partial charge in [-0.1, -0.05) is 36.4 Å². The summed E-state index contributed by atoms with van der Waals surface area (Å²) >= 11 is 0. The molecule has 7 nitrogen and oxygen atoms in total. The quantitative estimate of drug-likeness (QED) is 0.409. The van der Waals surface area contributed by atoms with E-state index in [9.17, 15) is 0 Å². The van der Waals surface area contributed by atoms with Crippen molar-refractivity contribution in [1.29, 1.82) is 0 Å². The molecule has 1 aromatic heterocycles. The lowest BCUT2D eigenvalue weighted by Gasteiger charge is -2.27. The van der Waals surface area contributed by atoms with Crippen LogP contribution in [0.2, 0.25) is 0 Å². The van der Waals surface area contributed by atoms with Crippen molar-refractivity contribution in [2.45, 2.75) is 25.8 Å². The zero-order valence-corrected chi connectivity index (χ0v) is 17.2. The van der Waals surface area contributed by atoms with Gasteiger partial charge in [0.15, 0.2) is 0 Å². The Kier molecular flexibility index (Phi) is 7.84. The Labute approximate surface area is 180 Å². The Morgan fingerprint density at radius 1 is 0.871 bits per heavy atom. The number of benzene rings is 2. The highest BCUT2D eigenvalue weighted by Crippen LogP contribution is 2.35. The molecule has 1 aliphatic rings. The second kappa shape index (κ2) is 11.0. The van der Waals surface area contributed by atoms with Gasteiger partial charge in [-0.2, -0.15) is 0 Å². The van der Waals surface area contributed by atoms with E-state index >= 15 is 0 Å². The van der Waals surface area contributed by atoms with Crippen LogP contribution in [0.5, 0.6) is 0 Å². The van der Waals surface area contributed by atoms with Crippen molar-refractivity contribution in [1.82, 2.24) is 5.32 Å². The third kappa shape index (κ3) is 6.20. The first-order valence-electron chi connectivity index (χ1n) is 10.2. The molecule has 0 fully saturated rings. The zero-order valence-electron chi connectivity index (χ0n) is 17.2. The van der Waals surface area contributed by atoms with Gasteiger partial charge in [0.25, 0.3) is 0 Å². The molecule has 7 heteroatoms. The van der Waals surface area contributed by atoms with Gasteiger partial charge >= 0.3 is 11.9 Å². The van der Waals surface area contributed by atoms with Crippen LogP contribution in [-0.4, -0.2) is 35.2 Å². The van der Waals surface area contributed by atoms with Gasteiger partial charge in [0.1, 0.15) is 5.76 Å². The van der Waals surface area contributed by atoms with Gasteiger partial charge in [0.05, 0.1) is 12.8 Å². The molecule has 0 unspecified atom stereocenters. The first-order chi connectivity index (χ1) is 15.1. The second-order valence-corrected chi connectivity index (χ2v) is 7.13. The van der Waals surface area contributed by atoms with Gasteiger partial charge in [-0.3, -0.25) is 0 Å². The van der Waals surface area contributed by atoms with Crippen molar-refractivity contribution in [3.63, 3.8) is 0 Å². The maximum absolute atomic E-state index is 9.10. The van der Waals surface area contributed by atoms with Crippen LogP contribution < -0.4 is 10.2 Å². The van der Waals surface area contributed by atoms with E-state index in [1.807, 2.05) is 12.1 Å². The minimum absolute atomic E-state index is 0.792. The molecule has 0 radical (unpaired) electrons. The number of aryl methyl sites for hydroxylation is 2. The minimum atomic E-state index is -1.82. The Morgan fingerprint density at radius 2 is 1.45 bits per heavy atom. The van der Waals surface area contributed by atoms with Crippen molar-refractivity contribution in [3.05, 3.63) is 83.8 Å². The normalized spacial score (nSPS) is 12.1. The number of carboxylic acid groups (broad SMARTS) is 2. The topological polar surface area (TPSA) is 103 Å². The van der Waals surface area contributed by atoms with Crippen LogP contribution in [0, 0.1) is 0 Å². The SMILES string of the molecule is O=C(O)C(=O)O.c1coc(CNCCCN2c3ccccc3CCc3ccccc32)c1. The smallest absolute Gasteiger partial charge is 0.414 e. The molecule has 0 bridgehead atoms. The van der Waals surface area contributed by atoms with E-state index in [4.69, 9.17) is 24.2 Å². The maximum atomic E-state index is 9.10. The van der Waals surface area contributed by atoms with Gasteiger partial charge in [0.2, 0.25) is 0 Å². The van der Waals surface area contributed by atoms with Crippen LogP contribution in [0.25, 0.3) is 0 Å². The summed E-state index contributed by atoms with van der Waals surface area (Å²) in [5.41, 5.74) is 5.61. The molecule has 0 spiro atoms. The lowest BCUT2D eigenvalue weighted by Crippen LogP contribution is -2.24. The van der Waals surface area contributed by atoms with E-state index in [0.29, 0.717) is 0 Å². The molecule has 162 valence electrons. The summed E-state index contributed by atoms with van der Waals surface area (Å²) in [5.74, 6) is -2.66. The summed E-state index contributed by atoms with van der Waals surface area (Å²) in [6, 6.07) is 21.6. The fraction of sp³-hybridized carbons (Fsp3) is 0.250. The molecule has 4 rings (SSSR count). The fourth-order valence-corrected chi connectivity index (χ4v) is 3.60. The summed E-state index contributed by atoms with van der Waals surface area (Å²) in [4.78, 5) is 20.7. The zero-order chi connectivity index (χ0) is 22.1. The summed E-state index contributed by atoms with van der Waals surface area (Å²) in [6.45, 7) is 2.78. The number of rotatable bonds is 6. The highest BCUT2D eigenvalue weighted by molar-refractivity contribution is 6.27. The molecular formula is C24H26N2O5. The Bertz CT molecular complexity index is 941. The molecular weight excluding hydrogens is 396 g/mol. The summed E-state index contributed by atoms with van der Waals surface area (Å²) in [5, 5.41) is 18.3. The van der Waals surface area contributed by atoms with Crippen LogP contribution in [0.15, 0.2) is 71.3 Å². The number of fused-ring (bicyclic) bond motifs is 2. The van der Waals surface area contributed by atoms with E-state index in [0.717, 1.165) is 44.7 Å². The van der Waals surface area contributed by atoms with Gasteiger partial charge in [-0.05, 0) is 61.2 Å². The maximum Gasteiger partial charge on any atom is 0.414 e. The average molecular weight is 422 g/mol. The Balaban J connectivity index is 0.000000401. The number of nitrogens with zero attached hydrogens (tertiary/aromatic N) is 1. The molecule has 0 aliphatic carbocycles. The largest absolute Gasteiger partial charge is 0.473 e. The molecule has 1 aliphatic heterocycles. The lowest BCUT2D eigenvalue weighted by atomic mass is 10.0. The lowest BCUT2D eigenvalue weighted by molar-refractivity contribution is -0.159. The first-order valence-corrected chi connectivity index (χ1v) is 10.2. The number of hydrogen-bond acceptors (Lipinski definition) is 5. The van der Waals surface area contributed by atoms with E-state index < -0.39 is 11.9 Å². The highest BCUT2D eigenvalue weighted by Gasteiger charge is 2.19. The van der Waals surface area contributed by atoms with Crippen molar-refractivity contribution in [2.24, 2.45) is 0 Å². The van der Waals surface area contributed by atoms with Crippen LogP contribution >= 0.6 is 0 Å². The molecule has 3 aromatic rings. The number of carboxylic acids is 2. The Morgan fingerprint density at radius 3 is 1.97 bits per heavy atom. The van der Waals surface area contributed by atoms with Crippen molar-refractivity contribution in [2.75, 3.05) is 18.0 Å². The monoisotopic (exact) mass is 422 g/mol. The standard InChI is InChI=1S/C22H24N2O.C2H2O4/c1-3-10-21-18(7-1)12-13-19-8-2-4-11-22(19)24(21)15-6-14-23-17-20-9-5-16-25-20;3-1(4)2(5)6/h1-5,7-11,16,23H,6,12-15,17H2;(H,3,4)(H,5,6). The minimum Gasteiger partial charge on any atom is -0.473 e. The van der Waals surface area contributed by atoms with Gasteiger partial charge in [-0.25, -0.2) is 9.59 Å². The molecule has 3 N–H and O–H groups in total. The number of furan rings is 1. The number of para-hydroxylation sites is 2. The second-order valence-electron chi connectivity index (χ2n) is 7.13. The average Bonchev–Trinajstić information content (AvgIpc) is 3.24. The Hall–Kier alpha value is -3.58. The van der Waals surface area contributed by atoms with E-state index in [-0.39, 0.29) is 0 Å². The third-order valence-corrected chi connectivity index (χ3v) is 5.03. The number of anilines is 2. The van der Waals surface area contributed by atoms with E-state index in [1.54, 1.807) is 6.26 Å². The van der Waals surface area contributed by atoms with Crippen LogP contribution in [0.3, 0.4) is 0 Å². The number of aliphatic carboxylic acids is 2. The molecule has 2 heterocycles. The number of nitrogens with one attached hydrogen (secondary N) is 1. The van der Waals surface area contributed by atoms with E-state index in [2.05, 4.69) is 58.7 Å². The van der Waals surface area contributed by atoms with E-state index in [1.165, 1.54) is 22.5 Å². The van der Waals surface area contributed by atoms with Crippen molar-refractivity contribution >= 4 is 23.3 Å². The van der Waals surface area contributed by atoms with Gasteiger partial charge in [-0.15, -0.1) is 0 Å². The van der Waals surface area contributed by atoms with Crippen molar-refractivity contribution in [3.8, 4) is 0 Å². The van der Waals surface area contributed by atoms with Crippen LogP contribution in [0.1, 0.15) is 23.3 Å². The molecule has 0 amide bonds. The number of hydrogen-bond donors (Lipinski definition) is 3. The predicted octanol–water partition coefficient (Wildman–Crippen LogP) is 3.85. The molecule has 31 heavy (non-hydrogen) atoms. The molecule has 0 saturated heterocycles. The molecule has 0 atom stereocenters. The van der Waals surface area contributed by atoms with Gasteiger partial charge < -0.3 is 24.8 Å². The first kappa shape index (κ1) is 22.1. The summed E-state index contributed by atoms with van der Waals surface area (Å²) < 4.78 is 5.37. The fourth-order valence-electron chi connectivity index (χ4n) is 3.60. The molecule has 0 saturated carbocycles.